The molecular formula is C13H25NO2. The van der Waals surface area contributed by atoms with Crippen molar-refractivity contribution in [2.45, 2.75) is 50.7 Å². The fraction of sp³-hybridized carbons (Fsp3) is 1.00. The Morgan fingerprint density at radius 3 is 2.50 bits per heavy atom. The molecule has 0 aromatic rings. The van der Waals surface area contributed by atoms with Gasteiger partial charge in [0.05, 0.1) is 6.10 Å². The number of ether oxygens (including phenoxy) is 1. The van der Waals surface area contributed by atoms with Gasteiger partial charge in [-0.1, -0.05) is 12.8 Å². The van der Waals surface area contributed by atoms with Crippen LogP contribution in [0.2, 0.25) is 0 Å². The summed E-state index contributed by atoms with van der Waals surface area (Å²) in [7, 11) is 2.18. The fourth-order valence-corrected chi connectivity index (χ4v) is 3.08. The number of hydrogen-bond donors (Lipinski definition) is 1. The predicted octanol–water partition coefficient (Wildman–Crippen LogP) is 1.65. The predicted molar refractivity (Wildman–Crippen MR) is 64.4 cm³/mol. The van der Waals surface area contributed by atoms with Crippen molar-refractivity contribution < 1.29 is 9.84 Å². The molecule has 0 unspecified atom stereocenters. The van der Waals surface area contributed by atoms with E-state index in [2.05, 4.69) is 11.9 Å². The van der Waals surface area contributed by atoms with Crippen LogP contribution in [0.3, 0.4) is 0 Å². The summed E-state index contributed by atoms with van der Waals surface area (Å²) in [6.07, 6.45) is 6.91. The van der Waals surface area contributed by atoms with Crippen LogP contribution < -0.4 is 0 Å². The van der Waals surface area contributed by atoms with Gasteiger partial charge in [-0.25, -0.2) is 0 Å². The zero-order valence-electron chi connectivity index (χ0n) is 10.4. The van der Waals surface area contributed by atoms with Crippen LogP contribution in [0.25, 0.3) is 0 Å². The standard InChI is InChI=1S/C13H25NO2/c1-14(10-11-6-8-16-9-7-11)12-4-2-3-5-13(12)15/h11-13,15H,2-10H2,1H3/t12-,13-/m1/s1. The minimum atomic E-state index is -0.0985. The number of likely N-dealkylation sites (N-methyl/N-ethyl adjacent to an activating group) is 1. The fourth-order valence-electron chi connectivity index (χ4n) is 3.08. The highest BCUT2D eigenvalue weighted by Crippen LogP contribution is 2.24. The molecule has 1 heterocycles. The van der Waals surface area contributed by atoms with Gasteiger partial charge in [0.2, 0.25) is 0 Å². The first-order chi connectivity index (χ1) is 7.77. The van der Waals surface area contributed by atoms with Crippen LogP contribution in [0.4, 0.5) is 0 Å². The lowest BCUT2D eigenvalue weighted by molar-refractivity contribution is 0.00788. The van der Waals surface area contributed by atoms with Gasteiger partial charge in [-0.15, -0.1) is 0 Å². The maximum Gasteiger partial charge on any atom is 0.0695 e. The van der Waals surface area contributed by atoms with E-state index in [9.17, 15) is 5.11 Å². The molecule has 16 heavy (non-hydrogen) atoms. The van der Waals surface area contributed by atoms with Crippen LogP contribution in [0.15, 0.2) is 0 Å². The maximum absolute atomic E-state index is 10.0. The van der Waals surface area contributed by atoms with Crippen LogP contribution in [0.5, 0.6) is 0 Å². The Hall–Kier alpha value is -0.120. The van der Waals surface area contributed by atoms with Crippen molar-refractivity contribution in [3.63, 3.8) is 0 Å². The molecule has 0 spiro atoms. The molecule has 0 bridgehead atoms. The molecule has 0 aromatic heterocycles. The largest absolute Gasteiger partial charge is 0.391 e. The second kappa shape index (κ2) is 5.99. The average Bonchev–Trinajstić information content (AvgIpc) is 2.31. The summed E-state index contributed by atoms with van der Waals surface area (Å²) in [5.41, 5.74) is 0. The molecule has 1 saturated heterocycles. The van der Waals surface area contributed by atoms with Crippen LogP contribution in [0.1, 0.15) is 38.5 Å². The van der Waals surface area contributed by atoms with E-state index in [0.29, 0.717) is 6.04 Å². The Bertz CT molecular complexity index is 204. The summed E-state index contributed by atoms with van der Waals surface area (Å²) in [4.78, 5) is 2.39. The molecule has 1 saturated carbocycles. The van der Waals surface area contributed by atoms with Crippen LogP contribution in [0, 0.1) is 5.92 Å². The highest BCUT2D eigenvalue weighted by Gasteiger charge is 2.28. The summed E-state index contributed by atoms with van der Waals surface area (Å²) in [6, 6.07) is 0.400. The van der Waals surface area contributed by atoms with E-state index in [1.165, 1.54) is 32.1 Å². The third-order valence-corrected chi connectivity index (χ3v) is 4.15. The summed E-state index contributed by atoms with van der Waals surface area (Å²) < 4.78 is 5.38. The van der Waals surface area contributed by atoms with Gasteiger partial charge in [0.25, 0.3) is 0 Å². The molecule has 3 nitrogen and oxygen atoms in total. The molecule has 2 atom stereocenters. The zero-order valence-corrected chi connectivity index (χ0v) is 10.4. The molecule has 94 valence electrons. The first-order valence-corrected chi connectivity index (χ1v) is 6.73. The van der Waals surface area contributed by atoms with E-state index in [1.54, 1.807) is 0 Å². The highest BCUT2D eigenvalue weighted by atomic mass is 16.5. The molecule has 1 aliphatic heterocycles. The Morgan fingerprint density at radius 1 is 1.12 bits per heavy atom. The van der Waals surface area contributed by atoms with Gasteiger partial charge < -0.3 is 14.7 Å². The zero-order chi connectivity index (χ0) is 11.4. The molecule has 0 aromatic carbocycles. The van der Waals surface area contributed by atoms with E-state index in [0.717, 1.165) is 32.1 Å². The van der Waals surface area contributed by atoms with Crippen LogP contribution >= 0.6 is 0 Å². The SMILES string of the molecule is CN(CC1CCOCC1)[C@@H]1CCCC[C@H]1O. The van der Waals surface area contributed by atoms with Gasteiger partial charge in [0.15, 0.2) is 0 Å². The van der Waals surface area contributed by atoms with Crippen molar-refractivity contribution in [1.29, 1.82) is 0 Å². The third kappa shape index (κ3) is 3.19. The van der Waals surface area contributed by atoms with E-state index >= 15 is 0 Å². The number of aliphatic hydroxyl groups excluding tert-OH is 1. The molecule has 3 heteroatoms. The Morgan fingerprint density at radius 2 is 1.81 bits per heavy atom. The summed E-state index contributed by atoms with van der Waals surface area (Å²) in [6.45, 7) is 2.97. The number of hydrogen-bond acceptors (Lipinski definition) is 3. The van der Waals surface area contributed by atoms with Gasteiger partial charge in [0.1, 0.15) is 0 Å². The van der Waals surface area contributed by atoms with Gasteiger partial charge in [-0.2, -0.15) is 0 Å². The minimum absolute atomic E-state index is 0.0985. The van der Waals surface area contributed by atoms with Gasteiger partial charge in [0, 0.05) is 25.8 Å². The molecule has 0 radical (unpaired) electrons. The number of rotatable bonds is 3. The van der Waals surface area contributed by atoms with E-state index in [1.807, 2.05) is 0 Å². The smallest absolute Gasteiger partial charge is 0.0695 e. The summed E-state index contributed by atoms with van der Waals surface area (Å²) in [5.74, 6) is 0.771. The minimum Gasteiger partial charge on any atom is -0.391 e. The lowest BCUT2D eigenvalue weighted by Gasteiger charge is -2.37. The molecule has 1 N–H and O–H groups in total. The lowest BCUT2D eigenvalue weighted by Crippen LogP contribution is -2.45. The second-order valence-corrected chi connectivity index (χ2v) is 5.41. The van der Waals surface area contributed by atoms with Gasteiger partial charge in [-0.05, 0) is 38.6 Å². The summed E-state index contributed by atoms with van der Waals surface area (Å²) in [5, 5.41) is 10.0. The highest BCUT2D eigenvalue weighted by molar-refractivity contribution is 4.82. The lowest BCUT2D eigenvalue weighted by atomic mass is 9.90. The van der Waals surface area contributed by atoms with E-state index in [-0.39, 0.29) is 6.10 Å². The van der Waals surface area contributed by atoms with Crippen molar-refractivity contribution in [1.82, 2.24) is 4.90 Å². The molecular weight excluding hydrogens is 202 g/mol. The maximum atomic E-state index is 10.0. The monoisotopic (exact) mass is 227 g/mol. The third-order valence-electron chi connectivity index (χ3n) is 4.15. The van der Waals surface area contributed by atoms with E-state index in [4.69, 9.17) is 4.74 Å². The molecule has 2 aliphatic rings. The Labute approximate surface area is 98.8 Å². The first-order valence-electron chi connectivity index (χ1n) is 6.73. The normalized spacial score (nSPS) is 33.2. The van der Waals surface area contributed by atoms with Gasteiger partial charge >= 0.3 is 0 Å². The topological polar surface area (TPSA) is 32.7 Å². The quantitative estimate of drug-likeness (QED) is 0.795. The van der Waals surface area contributed by atoms with Gasteiger partial charge in [-0.3, -0.25) is 0 Å². The first kappa shape index (κ1) is 12.3. The van der Waals surface area contributed by atoms with E-state index < -0.39 is 0 Å². The van der Waals surface area contributed by atoms with Crippen LogP contribution in [-0.2, 0) is 4.74 Å². The van der Waals surface area contributed by atoms with Crippen molar-refractivity contribution in [2.24, 2.45) is 5.92 Å². The Balaban J connectivity index is 1.78. The number of nitrogens with zero attached hydrogens (tertiary/aromatic N) is 1. The number of aliphatic hydroxyl groups is 1. The Kier molecular flexibility index (Phi) is 4.62. The van der Waals surface area contributed by atoms with Crippen molar-refractivity contribution in [3.05, 3.63) is 0 Å². The molecule has 0 amide bonds. The van der Waals surface area contributed by atoms with Crippen molar-refractivity contribution in [3.8, 4) is 0 Å². The van der Waals surface area contributed by atoms with Crippen molar-refractivity contribution >= 4 is 0 Å². The molecule has 2 rings (SSSR count). The van der Waals surface area contributed by atoms with Crippen molar-refractivity contribution in [2.75, 3.05) is 26.8 Å². The summed E-state index contributed by atoms with van der Waals surface area (Å²) >= 11 is 0. The van der Waals surface area contributed by atoms with Crippen LogP contribution in [-0.4, -0.2) is 49.0 Å². The molecule has 1 aliphatic carbocycles. The average molecular weight is 227 g/mol. The second-order valence-electron chi connectivity index (χ2n) is 5.41. The molecule has 2 fully saturated rings.